The molecular weight excluding hydrogens is 518 g/mol. The molecule has 2 aliphatic rings. The minimum Gasteiger partial charge on any atom is -0.497 e. The highest BCUT2D eigenvalue weighted by atomic mass is 32.2. The third kappa shape index (κ3) is 5.62. The van der Waals surface area contributed by atoms with Gasteiger partial charge in [0.25, 0.3) is 11.8 Å². The van der Waals surface area contributed by atoms with Crippen LogP contribution in [-0.4, -0.2) is 57.9 Å². The van der Waals surface area contributed by atoms with E-state index in [2.05, 4.69) is 5.32 Å². The van der Waals surface area contributed by atoms with Gasteiger partial charge in [0.05, 0.1) is 12.0 Å². The van der Waals surface area contributed by atoms with E-state index in [0.717, 1.165) is 30.5 Å². The van der Waals surface area contributed by atoms with Crippen LogP contribution in [-0.2, 0) is 21.2 Å². The first-order chi connectivity index (χ1) is 18.8. The zero-order chi connectivity index (χ0) is 27.6. The van der Waals surface area contributed by atoms with E-state index in [1.807, 2.05) is 6.07 Å². The Kier molecular flexibility index (Phi) is 7.58. The lowest BCUT2D eigenvalue weighted by Gasteiger charge is -2.19. The summed E-state index contributed by atoms with van der Waals surface area (Å²) >= 11 is 0. The highest BCUT2D eigenvalue weighted by Gasteiger charge is 2.28. The van der Waals surface area contributed by atoms with E-state index < -0.39 is 10.0 Å². The van der Waals surface area contributed by atoms with Crippen LogP contribution >= 0.6 is 0 Å². The molecule has 3 aromatic carbocycles. The molecule has 0 saturated carbocycles. The Bertz CT molecular complexity index is 1500. The molecule has 204 valence electrons. The second-order valence-corrected chi connectivity index (χ2v) is 11.6. The molecule has 2 aliphatic heterocycles. The molecule has 39 heavy (non-hydrogen) atoms. The molecule has 0 radical (unpaired) electrons. The average Bonchev–Trinajstić information content (AvgIpc) is 3.63. The maximum absolute atomic E-state index is 13.1. The number of fused-ring (bicyclic) bond motifs is 1. The summed E-state index contributed by atoms with van der Waals surface area (Å²) in [5.41, 5.74) is 3.54. The molecule has 0 spiro atoms. The minimum absolute atomic E-state index is 0.117. The Morgan fingerprint density at radius 2 is 1.69 bits per heavy atom. The van der Waals surface area contributed by atoms with Crippen molar-refractivity contribution in [3.63, 3.8) is 0 Å². The lowest BCUT2D eigenvalue weighted by atomic mass is 10.1. The van der Waals surface area contributed by atoms with E-state index in [0.29, 0.717) is 47.9 Å². The summed E-state index contributed by atoms with van der Waals surface area (Å²) in [6, 6.07) is 17.2. The Balaban J connectivity index is 1.22. The normalized spacial score (nSPS) is 15.2. The van der Waals surface area contributed by atoms with Crippen LogP contribution < -0.4 is 19.7 Å². The van der Waals surface area contributed by atoms with Gasteiger partial charge in [-0.05, 0) is 91.9 Å². The fraction of sp³-hybridized carbons (Fsp3) is 0.310. The number of ether oxygens (including phenoxy) is 2. The first kappa shape index (κ1) is 26.7. The number of methoxy groups -OCH3 is 1. The van der Waals surface area contributed by atoms with Crippen LogP contribution in [0.25, 0.3) is 0 Å². The number of hydrogen-bond donors (Lipinski definition) is 1. The van der Waals surface area contributed by atoms with E-state index in [9.17, 15) is 18.0 Å². The van der Waals surface area contributed by atoms with Crippen molar-refractivity contribution in [3.05, 3.63) is 77.4 Å². The van der Waals surface area contributed by atoms with Crippen LogP contribution in [0.15, 0.2) is 65.6 Å². The van der Waals surface area contributed by atoms with Gasteiger partial charge in [0, 0.05) is 36.6 Å². The molecule has 0 bridgehead atoms. The second kappa shape index (κ2) is 11.1. The van der Waals surface area contributed by atoms with Crippen molar-refractivity contribution >= 4 is 33.2 Å². The fourth-order valence-corrected chi connectivity index (χ4v) is 6.52. The number of sulfonamides is 1. The van der Waals surface area contributed by atoms with Crippen LogP contribution in [0.3, 0.4) is 0 Å². The van der Waals surface area contributed by atoms with Crippen LogP contribution in [0.1, 0.15) is 34.3 Å². The van der Waals surface area contributed by atoms with Crippen molar-refractivity contribution in [1.82, 2.24) is 4.31 Å². The largest absolute Gasteiger partial charge is 0.497 e. The summed E-state index contributed by atoms with van der Waals surface area (Å²) in [6.07, 6.45) is 2.48. The second-order valence-electron chi connectivity index (χ2n) is 9.65. The molecule has 3 aromatic rings. The Morgan fingerprint density at radius 1 is 0.949 bits per heavy atom. The number of rotatable bonds is 8. The number of nitrogens with zero attached hydrogens (tertiary/aromatic N) is 2. The van der Waals surface area contributed by atoms with Gasteiger partial charge in [-0.3, -0.25) is 9.59 Å². The molecule has 0 unspecified atom stereocenters. The molecular formula is C29H31N3O6S. The first-order valence-corrected chi connectivity index (χ1v) is 14.3. The summed E-state index contributed by atoms with van der Waals surface area (Å²) in [7, 11) is -1.94. The van der Waals surface area contributed by atoms with Crippen LogP contribution in [0.2, 0.25) is 0 Å². The molecule has 0 aliphatic carbocycles. The number of anilines is 2. The van der Waals surface area contributed by atoms with Crippen LogP contribution in [0.5, 0.6) is 11.5 Å². The standard InChI is InChI=1S/C29H31N3O6S/c1-20-17-25(39(35,36)31-14-3-4-15-31)11-12-27(20)38-19-28(33)30-23-8-5-21-13-16-32(26(21)18-23)29(34)22-6-9-24(37-2)10-7-22/h5-12,17-18H,3-4,13-16,19H2,1-2H3,(H,30,33). The molecule has 0 atom stereocenters. The van der Waals surface area contributed by atoms with Gasteiger partial charge in [-0.1, -0.05) is 6.07 Å². The monoisotopic (exact) mass is 549 g/mol. The maximum atomic E-state index is 13.1. The maximum Gasteiger partial charge on any atom is 0.262 e. The van der Waals surface area contributed by atoms with Crippen molar-refractivity contribution in [2.45, 2.75) is 31.1 Å². The van der Waals surface area contributed by atoms with Gasteiger partial charge in [0.15, 0.2) is 6.61 Å². The molecule has 0 aromatic heterocycles. The third-order valence-corrected chi connectivity index (χ3v) is 8.95. The zero-order valence-corrected chi connectivity index (χ0v) is 22.8. The number of amides is 2. The van der Waals surface area contributed by atoms with Crippen molar-refractivity contribution in [1.29, 1.82) is 0 Å². The predicted octanol–water partition coefficient (Wildman–Crippen LogP) is 4.01. The average molecular weight is 550 g/mol. The van der Waals surface area contributed by atoms with Crippen LogP contribution in [0, 0.1) is 6.92 Å². The number of benzene rings is 3. The summed E-state index contributed by atoms with van der Waals surface area (Å²) in [5, 5.41) is 2.83. The van der Waals surface area contributed by atoms with E-state index in [1.54, 1.807) is 67.5 Å². The highest BCUT2D eigenvalue weighted by Crippen LogP contribution is 2.32. The van der Waals surface area contributed by atoms with Gasteiger partial charge in [-0.25, -0.2) is 8.42 Å². The molecule has 2 heterocycles. The number of carbonyl (C=O) groups is 2. The van der Waals surface area contributed by atoms with Crippen LogP contribution in [0.4, 0.5) is 11.4 Å². The molecule has 1 N–H and O–H groups in total. The lowest BCUT2D eigenvalue weighted by molar-refractivity contribution is -0.118. The van der Waals surface area contributed by atoms with Gasteiger partial charge in [-0.15, -0.1) is 0 Å². The quantitative estimate of drug-likeness (QED) is 0.455. The topological polar surface area (TPSA) is 105 Å². The number of carbonyl (C=O) groups excluding carboxylic acids is 2. The summed E-state index contributed by atoms with van der Waals surface area (Å²) in [5.74, 6) is 0.637. The predicted molar refractivity (Wildman–Crippen MR) is 148 cm³/mol. The van der Waals surface area contributed by atoms with E-state index in [1.165, 1.54) is 10.4 Å². The van der Waals surface area contributed by atoms with Crippen molar-refractivity contribution in [2.75, 3.05) is 43.6 Å². The fourth-order valence-electron chi connectivity index (χ4n) is 4.92. The van der Waals surface area contributed by atoms with Gasteiger partial charge < -0.3 is 19.7 Å². The number of nitrogens with one attached hydrogen (secondary N) is 1. The van der Waals surface area contributed by atoms with Gasteiger partial charge in [0.1, 0.15) is 11.5 Å². The lowest BCUT2D eigenvalue weighted by Crippen LogP contribution is -2.29. The molecule has 10 heteroatoms. The Hall–Kier alpha value is -3.89. The van der Waals surface area contributed by atoms with Crippen molar-refractivity contribution < 1.29 is 27.5 Å². The number of hydrogen-bond acceptors (Lipinski definition) is 6. The summed E-state index contributed by atoms with van der Waals surface area (Å²) < 4.78 is 38.0. The molecule has 1 fully saturated rings. The first-order valence-electron chi connectivity index (χ1n) is 12.9. The molecule has 1 saturated heterocycles. The smallest absolute Gasteiger partial charge is 0.262 e. The Labute approximate surface area is 228 Å². The van der Waals surface area contributed by atoms with Crippen molar-refractivity contribution in [2.24, 2.45) is 0 Å². The van der Waals surface area contributed by atoms with Gasteiger partial charge in [-0.2, -0.15) is 4.31 Å². The molecule has 5 rings (SSSR count). The van der Waals surface area contributed by atoms with E-state index in [4.69, 9.17) is 9.47 Å². The summed E-state index contributed by atoms with van der Waals surface area (Å²) in [4.78, 5) is 27.7. The SMILES string of the molecule is COc1ccc(C(=O)N2CCc3ccc(NC(=O)COc4ccc(S(=O)(=O)N5CCCC5)cc4C)cc32)cc1. The molecule has 2 amide bonds. The van der Waals surface area contributed by atoms with Crippen molar-refractivity contribution in [3.8, 4) is 11.5 Å². The van der Waals surface area contributed by atoms with E-state index in [-0.39, 0.29) is 23.3 Å². The van der Waals surface area contributed by atoms with Gasteiger partial charge >= 0.3 is 0 Å². The number of aryl methyl sites for hydroxylation is 1. The third-order valence-electron chi connectivity index (χ3n) is 7.05. The summed E-state index contributed by atoms with van der Waals surface area (Å²) in [6.45, 7) is 3.14. The highest BCUT2D eigenvalue weighted by molar-refractivity contribution is 7.89. The van der Waals surface area contributed by atoms with Gasteiger partial charge in [0.2, 0.25) is 10.0 Å². The molecule has 9 nitrogen and oxygen atoms in total. The van der Waals surface area contributed by atoms with E-state index >= 15 is 0 Å². The minimum atomic E-state index is -3.52. The zero-order valence-electron chi connectivity index (χ0n) is 22.0. The Morgan fingerprint density at radius 3 is 2.38 bits per heavy atom.